The van der Waals surface area contributed by atoms with Crippen LogP contribution in [0.1, 0.15) is 96.8 Å². The van der Waals surface area contributed by atoms with Crippen LogP contribution < -0.4 is 0 Å². The molecule has 2 rings (SSSR count). The van der Waals surface area contributed by atoms with Crippen LogP contribution in [-0.2, 0) is 35.7 Å². The summed E-state index contributed by atoms with van der Waals surface area (Å²) in [7, 11) is -3.81. The van der Waals surface area contributed by atoms with Gasteiger partial charge in [-0.2, -0.15) is 0 Å². The van der Waals surface area contributed by atoms with Crippen molar-refractivity contribution in [2.75, 3.05) is 19.8 Å². The SMILES string of the molecule is CCOP(=O)(OCC)C(c1cc(C(C)(C)C)c(O)c(C(C)(C)C)c1)N(CCCc1ccccc1)C(C)=O. The van der Waals surface area contributed by atoms with Crippen LogP contribution in [0.2, 0.25) is 0 Å². The quantitative estimate of drug-likeness (QED) is 0.300. The third-order valence-corrected chi connectivity index (χ3v) is 8.78. The Morgan fingerprint density at radius 1 is 0.946 bits per heavy atom. The highest BCUT2D eigenvalue weighted by molar-refractivity contribution is 7.54. The van der Waals surface area contributed by atoms with E-state index in [-0.39, 0.29) is 35.7 Å². The minimum Gasteiger partial charge on any atom is -0.507 e. The maximum Gasteiger partial charge on any atom is 0.357 e. The minimum atomic E-state index is -3.81. The smallest absolute Gasteiger partial charge is 0.357 e. The first-order valence-electron chi connectivity index (χ1n) is 13.2. The molecule has 0 spiro atoms. The summed E-state index contributed by atoms with van der Waals surface area (Å²) in [4.78, 5) is 14.8. The molecule has 0 aliphatic carbocycles. The summed E-state index contributed by atoms with van der Waals surface area (Å²) in [6, 6.07) is 13.8. The molecular formula is C30H46NO5P. The Morgan fingerprint density at radius 3 is 1.84 bits per heavy atom. The van der Waals surface area contributed by atoms with Gasteiger partial charge in [-0.3, -0.25) is 9.36 Å². The monoisotopic (exact) mass is 531 g/mol. The van der Waals surface area contributed by atoms with Gasteiger partial charge < -0.3 is 19.1 Å². The van der Waals surface area contributed by atoms with E-state index in [2.05, 4.69) is 12.1 Å². The Kier molecular flexibility index (Phi) is 10.6. The molecule has 1 atom stereocenters. The normalized spacial score (nSPS) is 13.4. The number of hydrogen-bond donors (Lipinski definition) is 1. The van der Waals surface area contributed by atoms with Gasteiger partial charge in [0.05, 0.1) is 13.2 Å². The number of carbonyl (C=O) groups is 1. The standard InChI is InChI=1S/C30H46NO5P/c1-10-35-37(34,36-11-2)28(31(22(3)32)19-15-18-23-16-13-12-14-17-23)24-20-25(29(4,5)6)27(33)26(21-24)30(7,8)9/h12-14,16-17,20-21,28,33H,10-11,15,18-19H2,1-9H3. The van der Waals surface area contributed by atoms with Gasteiger partial charge in [0.25, 0.3) is 0 Å². The number of rotatable bonds is 11. The predicted octanol–water partition coefficient (Wildman–Crippen LogP) is 7.73. The lowest BCUT2D eigenvalue weighted by atomic mass is 9.78. The molecule has 0 aliphatic rings. The van der Waals surface area contributed by atoms with E-state index in [1.807, 2.05) is 71.9 Å². The predicted molar refractivity (Wildman–Crippen MR) is 151 cm³/mol. The molecular weight excluding hydrogens is 485 g/mol. The van der Waals surface area contributed by atoms with Crippen molar-refractivity contribution in [3.63, 3.8) is 0 Å². The molecule has 0 aromatic heterocycles. The van der Waals surface area contributed by atoms with Gasteiger partial charge in [0.1, 0.15) is 5.75 Å². The maximum absolute atomic E-state index is 14.4. The maximum atomic E-state index is 14.4. The number of phenolic OH excluding ortho intramolecular Hbond substituents is 1. The van der Waals surface area contributed by atoms with Gasteiger partial charge in [0.2, 0.25) is 5.91 Å². The highest BCUT2D eigenvalue weighted by Gasteiger charge is 2.43. The van der Waals surface area contributed by atoms with Crippen LogP contribution >= 0.6 is 7.60 Å². The summed E-state index contributed by atoms with van der Waals surface area (Å²) >= 11 is 0. The van der Waals surface area contributed by atoms with E-state index in [0.29, 0.717) is 18.5 Å². The summed E-state index contributed by atoms with van der Waals surface area (Å²) in [5.41, 5.74) is 2.50. The molecule has 0 saturated carbocycles. The average Bonchev–Trinajstić information content (AvgIpc) is 2.78. The summed E-state index contributed by atoms with van der Waals surface area (Å²) in [5.74, 6) is -0.924. The molecule has 0 bridgehead atoms. The van der Waals surface area contributed by atoms with Crippen molar-refractivity contribution in [2.24, 2.45) is 0 Å². The molecule has 6 nitrogen and oxygen atoms in total. The third-order valence-electron chi connectivity index (χ3n) is 6.37. The van der Waals surface area contributed by atoms with Crippen molar-refractivity contribution in [3.05, 3.63) is 64.7 Å². The molecule has 0 aliphatic heterocycles. The second-order valence-corrected chi connectivity index (χ2v) is 13.6. The molecule has 1 amide bonds. The first-order valence-corrected chi connectivity index (χ1v) is 14.8. The molecule has 0 fully saturated rings. The van der Waals surface area contributed by atoms with Gasteiger partial charge in [-0.15, -0.1) is 0 Å². The number of hydrogen-bond acceptors (Lipinski definition) is 5. The molecule has 2 aromatic carbocycles. The molecule has 0 radical (unpaired) electrons. The molecule has 0 heterocycles. The summed E-state index contributed by atoms with van der Waals surface area (Å²) in [6.07, 6.45) is 1.47. The number of aromatic hydroxyl groups is 1. The molecule has 1 N–H and O–H groups in total. The Balaban J connectivity index is 2.73. The van der Waals surface area contributed by atoms with E-state index in [9.17, 15) is 14.5 Å². The Labute approximate surface area is 223 Å². The molecule has 206 valence electrons. The number of aryl methyl sites for hydroxylation is 1. The fourth-order valence-electron chi connectivity index (χ4n) is 4.57. The second kappa shape index (κ2) is 12.6. The van der Waals surface area contributed by atoms with E-state index in [4.69, 9.17) is 9.05 Å². The lowest BCUT2D eigenvalue weighted by molar-refractivity contribution is -0.130. The van der Waals surface area contributed by atoms with Gasteiger partial charge in [-0.1, -0.05) is 71.9 Å². The van der Waals surface area contributed by atoms with Gasteiger partial charge in [0, 0.05) is 13.5 Å². The van der Waals surface area contributed by atoms with Crippen LogP contribution in [0.25, 0.3) is 0 Å². The van der Waals surface area contributed by atoms with Crippen molar-refractivity contribution in [3.8, 4) is 5.75 Å². The number of benzene rings is 2. The van der Waals surface area contributed by atoms with Crippen LogP contribution in [-0.4, -0.2) is 35.7 Å². The van der Waals surface area contributed by atoms with Crippen molar-refractivity contribution >= 4 is 13.5 Å². The van der Waals surface area contributed by atoms with Gasteiger partial charge in [-0.05, 0) is 71.9 Å². The number of carbonyl (C=O) groups excluding carboxylic acids is 1. The van der Waals surface area contributed by atoms with Crippen LogP contribution in [0.15, 0.2) is 42.5 Å². The molecule has 1 unspecified atom stereocenters. The third kappa shape index (κ3) is 7.92. The van der Waals surface area contributed by atoms with E-state index in [0.717, 1.165) is 17.5 Å². The van der Waals surface area contributed by atoms with Crippen molar-refractivity contribution in [1.82, 2.24) is 4.90 Å². The van der Waals surface area contributed by atoms with Crippen molar-refractivity contribution < 1.29 is 23.5 Å². The van der Waals surface area contributed by atoms with Crippen molar-refractivity contribution in [1.29, 1.82) is 0 Å². The molecule has 2 aromatic rings. The van der Waals surface area contributed by atoms with Crippen LogP contribution in [0.3, 0.4) is 0 Å². The van der Waals surface area contributed by atoms with E-state index in [1.165, 1.54) is 12.5 Å². The molecule has 37 heavy (non-hydrogen) atoms. The van der Waals surface area contributed by atoms with Crippen LogP contribution in [0, 0.1) is 0 Å². The van der Waals surface area contributed by atoms with Gasteiger partial charge in [-0.25, -0.2) is 0 Å². The fourth-order valence-corrected chi connectivity index (χ4v) is 6.78. The van der Waals surface area contributed by atoms with Crippen molar-refractivity contribution in [2.45, 2.75) is 91.8 Å². The van der Waals surface area contributed by atoms with E-state index in [1.54, 1.807) is 18.7 Å². The zero-order chi connectivity index (χ0) is 28.0. The van der Waals surface area contributed by atoms with Gasteiger partial charge >= 0.3 is 7.60 Å². The lowest BCUT2D eigenvalue weighted by Gasteiger charge is -2.37. The second-order valence-electron chi connectivity index (χ2n) is 11.5. The fraction of sp³-hybridized carbons (Fsp3) is 0.567. The number of amides is 1. The highest BCUT2D eigenvalue weighted by atomic mass is 31.2. The van der Waals surface area contributed by atoms with E-state index < -0.39 is 13.4 Å². The lowest BCUT2D eigenvalue weighted by Crippen LogP contribution is -2.35. The van der Waals surface area contributed by atoms with Crippen LogP contribution in [0.4, 0.5) is 0 Å². The number of nitrogens with zero attached hydrogens (tertiary/aromatic N) is 1. The largest absolute Gasteiger partial charge is 0.507 e. The Bertz CT molecular complexity index is 1040. The highest BCUT2D eigenvalue weighted by Crippen LogP contribution is 2.63. The Morgan fingerprint density at radius 2 is 1.43 bits per heavy atom. The summed E-state index contributed by atoms with van der Waals surface area (Å²) in [5, 5.41) is 11.3. The number of phenols is 1. The summed E-state index contributed by atoms with van der Waals surface area (Å²) < 4.78 is 26.1. The van der Waals surface area contributed by atoms with Gasteiger partial charge in [0.15, 0.2) is 5.78 Å². The average molecular weight is 532 g/mol. The minimum absolute atomic E-state index is 0.180. The first-order chi connectivity index (χ1) is 17.2. The molecule has 7 heteroatoms. The van der Waals surface area contributed by atoms with E-state index >= 15 is 0 Å². The zero-order valence-electron chi connectivity index (χ0n) is 24.1. The topological polar surface area (TPSA) is 76.1 Å². The first kappa shape index (κ1) is 31.1. The summed E-state index contributed by atoms with van der Waals surface area (Å²) in [6.45, 7) is 18.0. The molecule has 0 saturated heterocycles. The van der Waals surface area contributed by atoms with Crippen LogP contribution in [0.5, 0.6) is 5.75 Å². The Hall–Kier alpha value is -2.14. The zero-order valence-corrected chi connectivity index (χ0v) is 25.0.